The molecule has 2 N–H and O–H groups in total. The Kier molecular flexibility index (Phi) is 6.05. The van der Waals surface area contributed by atoms with Gasteiger partial charge >= 0.3 is 0 Å². The second-order valence-electron chi connectivity index (χ2n) is 6.35. The normalized spacial score (nSPS) is 12.5. The SMILES string of the molecule is Cc1ccc(OCC(=O)N(C)C(C)c2ccc(S(N)(=O)=O)cc2)c(C)c1. The minimum absolute atomic E-state index is 0.0422. The zero-order valence-corrected chi connectivity index (χ0v) is 16.2. The molecular formula is C19H24N2O4S. The molecule has 140 valence electrons. The van der Waals surface area contributed by atoms with Gasteiger partial charge < -0.3 is 9.64 Å². The molecule has 0 radical (unpaired) electrons. The first-order chi connectivity index (χ1) is 12.1. The van der Waals surface area contributed by atoms with E-state index in [4.69, 9.17) is 9.88 Å². The number of hydrogen-bond acceptors (Lipinski definition) is 4. The van der Waals surface area contributed by atoms with E-state index in [-0.39, 0.29) is 23.5 Å². The molecule has 0 spiro atoms. The summed E-state index contributed by atoms with van der Waals surface area (Å²) in [6.07, 6.45) is 0. The van der Waals surface area contributed by atoms with Crippen LogP contribution in [-0.2, 0) is 14.8 Å². The highest BCUT2D eigenvalue weighted by molar-refractivity contribution is 7.89. The van der Waals surface area contributed by atoms with E-state index < -0.39 is 10.0 Å². The molecule has 1 amide bonds. The van der Waals surface area contributed by atoms with E-state index in [0.717, 1.165) is 16.7 Å². The Morgan fingerprint density at radius 3 is 2.31 bits per heavy atom. The van der Waals surface area contributed by atoms with Crippen LogP contribution in [0.1, 0.15) is 29.7 Å². The molecule has 7 heteroatoms. The van der Waals surface area contributed by atoms with Gasteiger partial charge in [-0.3, -0.25) is 4.79 Å². The molecule has 0 aliphatic carbocycles. The van der Waals surface area contributed by atoms with Crippen LogP contribution in [0.2, 0.25) is 0 Å². The third kappa shape index (κ3) is 4.83. The summed E-state index contributed by atoms with van der Waals surface area (Å²) in [5.74, 6) is 0.510. The van der Waals surface area contributed by atoms with Crippen LogP contribution in [0.25, 0.3) is 0 Å². The lowest BCUT2D eigenvalue weighted by Gasteiger charge is -2.25. The average molecular weight is 376 g/mol. The van der Waals surface area contributed by atoms with Crippen LogP contribution < -0.4 is 9.88 Å². The predicted molar refractivity (Wildman–Crippen MR) is 100 cm³/mol. The van der Waals surface area contributed by atoms with Gasteiger partial charge in [0.2, 0.25) is 10.0 Å². The first-order valence-corrected chi connectivity index (χ1v) is 9.72. The van der Waals surface area contributed by atoms with Gasteiger partial charge in [-0.25, -0.2) is 13.6 Å². The number of carbonyl (C=O) groups excluding carboxylic acids is 1. The Balaban J connectivity index is 2.02. The molecule has 26 heavy (non-hydrogen) atoms. The van der Waals surface area contributed by atoms with E-state index in [1.807, 2.05) is 39.0 Å². The van der Waals surface area contributed by atoms with E-state index in [1.165, 1.54) is 12.1 Å². The number of aryl methyl sites for hydroxylation is 2. The summed E-state index contributed by atoms with van der Waals surface area (Å²) in [6.45, 7) is 5.73. The summed E-state index contributed by atoms with van der Waals surface area (Å²) < 4.78 is 28.3. The van der Waals surface area contributed by atoms with Gasteiger partial charge in [-0.05, 0) is 50.1 Å². The van der Waals surface area contributed by atoms with Crippen molar-refractivity contribution in [2.24, 2.45) is 5.14 Å². The topological polar surface area (TPSA) is 89.7 Å². The quantitative estimate of drug-likeness (QED) is 0.839. The van der Waals surface area contributed by atoms with Crippen molar-refractivity contribution in [2.75, 3.05) is 13.7 Å². The summed E-state index contributed by atoms with van der Waals surface area (Å²) in [5, 5.41) is 5.10. The number of carbonyl (C=O) groups is 1. The minimum atomic E-state index is -3.73. The number of rotatable bonds is 6. The molecular weight excluding hydrogens is 352 g/mol. The van der Waals surface area contributed by atoms with Crippen molar-refractivity contribution in [2.45, 2.75) is 31.7 Å². The average Bonchev–Trinajstić information content (AvgIpc) is 2.58. The third-order valence-electron chi connectivity index (χ3n) is 4.35. The van der Waals surface area contributed by atoms with Crippen LogP contribution >= 0.6 is 0 Å². The first-order valence-electron chi connectivity index (χ1n) is 8.18. The summed E-state index contributed by atoms with van der Waals surface area (Å²) in [4.78, 5) is 14.0. The largest absolute Gasteiger partial charge is 0.484 e. The van der Waals surface area contributed by atoms with E-state index in [1.54, 1.807) is 24.1 Å². The first kappa shape index (κ1) is 19.9. The highest BCUT2D eigenvalue weighted by atomic mass is 32.2. The predicted octanol–water partition coefficient (Wildman–Crippen LogP) is 2.55. The van der Waals surface area contributed by atoms with Crippen molar-refractivity contribution >= 4 is 15.9 Å². The van der Waals surface area contributed by atoms with Crippen molar-refractivity contribution < 1.29 is 17.9 Å². The van der Waals surface area contributed by atoms with Gasteiger partial charge in [0.25, 0.3) is 5.91 Å². The number of amides is 1. The molecule has 1 atom stereocenters. The zero-order chi connectivity index (χ0) is 19.5. The van der Waals surface area contributed by atoms with Gasteiger partial charge in [-0.1, -0.05) is 29.8 Å². The van der Waals surface area contributed by atoms with Crippen LogP contribution in [0.5, 0.6) is 5.75 Å². The standard InChI is InChI=1S/C19H24N2O4S/c1-13-5-10-18(14(2)11-13)25-12-19(22)21(4)15(3)16-6-8-17(9-7-16)26(20,23)24/h5-11,15H,12H2,1-4H3,(H2,20,23,24). The fourth-order valence-electron chi connectivity index (χ4n) is 2.58. The summed E-state index contributed by atoms with van der Waals surface area (Å²) in [6, 6.07) is 11.7. The Labute approximate surface area is 154 Å². The Morgan fingerprint density at radius 1 is 1.15 bits per heavy atom. The second kappa shape index (κ2) is 7.88. The van der Waals surface area contributed by atoms with Gasteiger partial charge in [0.1, 0.15) is 5.75 Å². The van der Waals surface area contributed by atoms with Crippen LogP contribution in [0.3, 0.4) is 0 Å². The maximum atomic E-state index is 12.4. The Bertz CT molecular complexity index is 892. The summed E-state index contributed by atoms with van der Waals surface area (Å²) >= 11 is 0. The lowest BCUT2D eigenvalue weighted by Crippen LogP contribution is -2.33. The molecule has 1 unspecified atom stereocenters. The third-order valence-corrected chi connectivity index (χ3v) is 5.28. The van der Waals surface area contributed by atoms with E-state index in [2.05, 4.69) is 0 Å². The number of benzene rings is 2. The van der Waals surface area contributed by atoms with E-state index in [9.17, 15) is 13.2 Å². The maximum absolute atomic E-state index is 12.4. The van der Waals surface area contributed by atoms with Crippen LogP contribution in [0.4, 0.5) is 0 Å². The van der Waals surface area contributed by atoms with Crippen LogP contribution in [-0.4, -0.2) is 32.9 Å². The number of hydrogen-bond donors (Lipinski definition) is 1. The van der Waals surface area contributed by atoms with E-state index >= 15 is 0 Å². The van der Waals surface area contributed by atoms with Gasteiger partial charge in [0.15, 0.2) is 6.61 Å². The number of ether oxygens (including phenoxy) is 1. The monoisotopic (exact) mass is 376 g/mol. The molecule has 0 aromatic heterocycles. The number of primary sulfonamides is 1. The second-order valence-corrected chi connectivity index (χ2v) is 7.91. The molecule has 6 nitrogen and oxygen atoms in total. The summed E-state index contributed by atoms with van der Waals surface area (Å²) in [5.41, 5.74) is 2.92. The Morgan fingerprint density at radius 2 is 1.77 bits per heavy atom. The lowest BCUT2D eigenvalue weighted by molar-refractivity contribution is -0.134. The number of likely N-dealkylation sites (N-methyl/N-ethyl adjacent to an activating group) is 1. The molecule has 0 fully saturated rings. The van der Waals surface area contributed by atoms with Crippen molar-refractivity contribution in [1.29, 1.82) is 0 Å². The van der Waals surface area contributed by atoms with Crippen molar-refractivity contribution in [3.05, 3.63) is 59.2 Å². The van der Waals surface area contributed by atoms with Gasteiger partial charge in [-0.15, -0.1) is 0 Å². The molecule has 0 heterocycles. The van der Waals surface area contributed by atoms with Gasteiger partial charge in [0.05, 0.1) is 10.9 Å². The van der Waals surface area contributed by atoms with Crippen LogP contribution in [0, 0.1) is 13.8 Å². The van der Waals surface area contributed by atoms with Crippen molar-refractivity contribution in [3.8, 4) is 5.75 Å². The van der Waals surface area contributed by atoms with Gasteiger partial charge in [-0.2, -0.15) is 0 Å². The highest BCUT2D eigenvalue weighted by Crippen LogP contribution is 2.22. The van der Waals surface area contributed by atoms with Crippen molar-refractivity contribution in [3.63, 3.8) is 0 Å². The molecule has 0 aliphatic rings. The molecule has 2 rings (SSSR count). The fraction of sp³-hybridized carbons (Fsp3) is 0.316. The summed E-state index contributed by atoms with van der Waals surface area (Å²) in [7, 11) is -2.04. The zero-order valence-electron chi connectivity index (χ0n) is 15.4. The maximum Gasteiger partial charge on any atom is 0.260 e. The smallest absolute Gasteiger partial charge is 0.260 e. The highest BCUT2D eigenvalue weighted by Gasteiger charge is 2.19. The van der Waals surface area contributed by atoms with Crippen molar-refractivity contribution in [1.82, 2.24) is 4.90 Å². The Hall–Kier alpha value is -2.38. The van der Waals surface area contributed by atoms with E-state index in [0.29, 0.717) is 5.75 Å². The number of sulfonamides is 1. The fourth-order valence-corrected chi connectivity index (χ4v) is 3.09. The van der Waals surface area contributed by atoms with Crippen LogP contribution in [0.15, 0.2) is 47.4 Å². The molecule has 0 saturated heterocycles. The molecule has 0 aliphatic heterocycles. The minimum Gasteiger partial charge on any atom is -0.484 e. The molecule has 2 aromatic carbocycles. The molecule has 0 saturated carbocycles. The molecule has 0 bridgehead atoms. The van der Waals surface area contributed by atoms with Gasteiger partial charge in [0, 0.05) is 7.05 Å². The lowest BCUT2D eigenvalue weighted by atomic mass is 10.1. The molecule has 2 aromatic rings. The number of nitrogens with two attached hydrogens (primary N) is 1. The number of nitrogens with zero attached hydrogens (tertiary/aromatic N) is 1.